The van der Waals surface area contributed by atoms with Crippen LogP contribution in [0.25, 0.3) is 0 Å². The van der Waals surface area contributed by atoms with Crippen molar-refractivity contribution in [2.24, 2.45) is 62.0 Å². The number of nitrogens with zero attached hydrogens (tertiary/aromatic N) is 6. The smallest absolute Gasteiger partial charge is 0.245 e. The maximum atomic E-state index is 15.1. The molecule has 2 aromatic rings. The quantitative estimate of drug-likeness (QED) is 0.0195. The number of nitrogens with two attached hydrogens (primary N) is 7. The van der Waals surface area contributed by atoms with E-state index in [0.717, 1.165) is 25.7 Å². The molecule has 0 bridgehead atoms. The molecule has 2 aliphatic rings. The lowest BCUT2D eigenvalue weighted by Crippen LogP contribution is -2.62. The number of guanidine groups is 2. The summed E-state index contributed by atoms with van der Waals surface area (Å²) in [5.41, 5.74) is 39.7. The molecule has 17 atom stereocenters. The first-order valence-corrected chi connectivity index (χ1v) is 51.6. The number of likely N-dealkylation sites (tertiary alicyclic amines) is 2. The molecule has 31 N–H and O–H groups in total. The SMILES string of the molecule is CCCCCCCCCCCCCCCCCC(=O)N[C@H](C(=O)N[C@@H](CCCN=C(N)N)C(=O)N[C@@H](CC(C)C)C(=O)N1CCC[C@H]1C(=O)N[C@@H](CCCN=C(N)N)C(=O)N[C@H](C(=O)N[C@@H](CCSC)C(=O)N[C@@H](CC(C)C)C(=O)N[C@@H](Cc1cnc[nH]1)C(=O)N[C@@H](Cc1cnc[nH]1)C(=O)N[C@@H](CCCCN)C(=O)N1CCC[C@H]1C(=O)N[C@@H](C)C(=O)N[C@@H](CCC(N)=O)C(=O)N[C@@H](C)C(N)=O)[C@@H](C)O)[C@@H](C)O. The third-order valence-electron chi connectivity index (χ3n) is 24.5. The zero-order valence-electron chi connectivity index (χ0n) is 84.5. The Morgan fingerprint density at radius 3 is 1.23 bits per heavy atom. The van der Waals surface area contributed by atoms with Gasteiger partial charge < -0.3 is 139 Å². The van der Waals surface area contributed by atoms with Gasteiger partial charge in [0.15, 0.2) is 11.9 Å². The van der Waals surface area contributed by atoms with Crippen molar-refractivity contribution >= 4 is 124 Å². The van der Waals surface area contributed by atoms with E-state index in [1.54, 1.807) is 34.0 Å². The molecular weight excluding hydrogens is 1860 g/mol. The number of nitrogens with one attached hydrogen (secondary N) is 15. The summed E-state index contributed by atoms with van der Waals surface area (Å²) in [4.78, 5) is 265. The average Bonchev–Trinajstić information content (AvgIpc) is 1.66. The number of aliphatic hydroxyl groups is 2. The van der Waals surface area contributed by atoms with Crippen molar-refractivity contribution in [3.05, 3.63) is 36.4 Å². The van der Waals surface area contributed by atoms with Gasteiger partial charge in [0.25, 0.3) is 0 Å². The lowest BCUT2D eigenvalue weighted by molar-refractivity contribution is -0.143. The van der Waals surface area contributed by atoms with E-state index in [0.29, 0.717) is 43.5 Å². The summed E-state index contributed by atoms with van der Waals surface area (Å²) < 4.78 is 0. The van der Waals surface area contributed by atoms with Crippen LogP contribution in [0.3, 0.4) is 0 Å². The molecule has 0 aromatic carbocycles. The first-order chi connectivity index (χ1) is 67.5. The van der Waals surface area contributed by atoms with E-state index in [4.69, 9.17) is 40.1 Å². The summed E-state index contributed by atoms with van der Waals surface area (Å²) >= 11 is 1.29. The highest BCUT2D eigenvalue weighted by Gasteiger charge is 2.44. The van der Waals surface area contributed by atoms with E-state index in [1.807, 2.05) is 0 Å². The van der Waals surface area contributed by atoms with Gasteiger partial charge in [-0.25, -0.2) is 9.97 Å². The fourth-order valence-corrected chi connectivity index (χ4v) is 17.1. The molecule has 0 saturated carbocycles. The summed E-state index contributed by atoms with van der Waals surface area (Å²) in [6, 6.07) is -21.2. The van der Waals surface area contributed by atoms with E-state index in [-0.39, 0.29) is 159 Å². The van der Waals surface area contributed by atoms with Crippen molar-refractivity contribution in [2.75, 3.05) is 44.7 Å². The van der Waals surface area contributed by atoms with Gasteiger partial charge in [-0.15, -0.1) is 0 Å². The van der Waals surface area contributed by atoms with Gasteiger partial charge in [0.2, 0.25) is 100 Å². The molecule has 47 nitrogen and oxygen atoms in total. The Morgan fingerprint density at radius 1 is 0.408 bits per heavy atom. The second-order valence-electron chi connectivity index (χ2n) is 37.8. The maximum Gasteiger partial charge on any atom is 0.245 e. The number of hydrogen-bond acceptors (Lipinski definition) is 25. The molecular formula is C94H164N28O19S. The zero-order valence-corrected chi connectivity index (χ0v) is 85.3. The van der Waals surface area contributed by atoms with Crippen LogP contribution in [0.4, 0.5) is 0 Å². The molecule has 2 aromatic heterocycles. The lowest BCUT2D eigenvalue weighted by Gasteiger charge is -2.32. The summed E-state index contributed by atoms with van der Waals surface area (Å²) in [7, 11) is 0. The Labute approximate surface area is 837 Å². The fourth-order valence-electron chi connectivity index (χ4n) is 16.6. The predicted octanol–water partition coefficient (Wildman–Crippen LogP) is -1.90. The number of imidazole rings is 2. The van der Waals surface area contributed by atoms with Crippen LogP contribution in [-0.2, 0) is 94.3 Å². The number of H-pyrrole nitrogens is 2. The topological polar surface area (TPSA) is 758 Å². The molecule has 2 fully saturated rings. The molecule has 0 unspecified atom stereocenters. The third kappa shape index (κ3) is 46.5. The number of aromatic amines is 2. The highest BCUT2D eigenvalue weighted by Crippen LogP contribution is 2.25. The van der Waals surface area contributed by atoms with Gasteiger partial charge in [-0.3, -0.25) is 91.5 Å². The van der Waals surface area contributed by atoms with Gasteiger partial charge >= 0.3 is 0 Å². The molecule has 4 rings (SSSR count). The second kappa shape index (κ2) is 66.9. The average molecular weight is 2020 g/mol. The van der Waals surface area contributed by atoms with Crippen molar-refractivity contribution < 1.29 is 91.7 Å². The first-order valence-electron chi connectivity index (χ1n) is 50.2. The standard InChI is InChI=1S/C94H164N28O19S/c1-11-12-13-14-15-16-17-18-19-20-21-22-23-24-25-37-75(126)119-76(59(8)123)89(138)112-63(33-28-42-104-93(98)99)81(130)118-71(48-56(4)5)92(141)122-45-31-36-73(122)88(137)111-64(34-29-43-105-94(100)101)83(132)120-77(60(9)124)90(139)113-66(40-46-142-10)82(131)115-68(47-55(2)3)84(133)116-70(50-62-52-103-54-107-62)86(135)117-69(49-61-51-102-53-106-61)85(134)114-67(32-26-27-41-95)91(140)121-44-30-35-72(121)87(136)109-58(7)79(128)110-65(38-39-74(96)125)80(129)108-57(6)78(97)127/h51-60,63-73,76-77,123-124H,11-50,95H2,1-10H3,(H2,96,125)(H2,97,127)(H,102,106)(H,103,107)(H,108,129)(H,109,136)(H,110,128)(H,111,137)(H,112,138)(H,113,139)(H,114,134)(H,115,131)(H,116,133)(H,117,135)(H,118,130)(H,119,126)(H,120,132)(H4,98,99,104)(H4,100,101,105)/t57-,58-,59+,60+,63-,64-,65-,66-,67-,68-,69-,70-,71-,72-,73-,76-,77-/m0/s1. The summed E-state index contributed by atoms with van der Waals surface area (Å²) in [6.07, 6.45) is 21.4. The largest absolute Gasteiger partial charge is 0.391 e. The fraction of sp³-hybridized carbons (Fsp3) is 0.734. The maximum absolute atomic E-state index is 15.1. The van der Waals surface area contributed by atoms with Gasteiger partial charge in [0.05, 0.1) is 24.9 Å². The summed E-state index contributed by atoms with van der Waals surface area (Å²) in [6.45, 7) is 14.7. The van der Waals surface area contributed by atoms with Gasteiger partial charge in [0, 0.05) is 75.6 Å². The van der Waals surface area contributed by atoms with Crippen LogP contribution in [0, 0.1) is 11.8 Å². The first kappa shape index (κ1) is 122. The number of carbonyl (C=O) groups excluding carboxylic acids is 17. The zero-order chi connectivity index (χ0) is 106. The van der Waals surface area contributed by atoms with Gasteiger partial charge in [-0.05, 0) is 161 Å². The van der Waals surface area contributed by atoms with Crippen LogP contribution in [0.15, 0.2) is 35.0 Å². The van der Waals surface area contributed by atoms with E-state index < -0.39 is 203 Å². The minimum atomic E-state index is -1.84. The summed E-state index contributed by atoms with van der Waals surface area (Å²) in [5.74, 6) is -15.1. The van der Waals surface area contributed by atoms with E-state index in [2.05, 4.69) is 106 Å². The highest BCUT2D eigenvalue weighted by molar-refractivity contribution is 7.98. The predicted molar refractivity (Wildman–Crippen MR) is 536 cm³/mol. The second-order valence-corrected chi connectivity index (χ2v) is 38.8. The number of rotatable bonds is 72. The molecule has 17 amide bonds. The molecule has 2 saturated heterocycles. The van der Waals surface area contributed by atoms with Gasteiger partial charge in [-0.2, -0.15) is 11.8 Å². The van der Waals surface area contributed by atoms with Crippen LogP contribution in [0.2, 0.25) is 0 Å². The van der Waals surface area contributed by atoms with Crippen LogP contribution in [0.5, 0.6) is 0 Å². The van der Waals surface area contributed by atoms with Crippen molar-refractivity contribution in [1.82, 2.24) is 98.9 Å². The van der Waals surface area contributed by atoms with Crippen LogP contribution in [-0.4, -0.2) is 300 Å². The van der Waals surface area contributed by atoms with Crippen molar-refractivity contribution in [3.8, 4) is 0 Å². The molecule has 2 aliphatic heterocycles. The minimum absolute atomic E-state index is 0.00667. The summed E-state index contributed by atoms with van der Waals surface area (Å²) in [5, 5.41) is 56.7. The molecule has 48 heteroatoms. The Balaban J connectivity index is 1.56. The highest BCUT2D eigenvalue weighted by atomic mass is 32.2. The Hall–Kier alpha value is -11.8. The number of unbranched alkanes of at least 4 members (excludes halogenated alkanes) is 15. The Bertz CT molecular complexity index is 4350. The number of thioether (sulfide) groups is 1. The minimum Gasteiger partial charge on any atom is -0.391 e. The number of carbonyl (C=O) groups is 17. The molecule has 0 radical (unpaired) electrons. The Morgan fingerprint density at radius 2 is 0.789 bits per heavy atom. The van der Waals surface area contributed by atoms with Crippen LogP contribution >= 0.6 is 11.8 Å². The molecule has 4 heterocycles. The lowest BCUT2D eigenvalue weighted by atomic mass is 10.0. The van der Waals surface area contributed by atoms with E-state index in [1.165, 1.54) is 139 Å². The van der Waals surface area contributed by atoms with Crippen molar-refractivity contribution in [3.63, 3.8) is 0 Å². The number of aromatic nitrogens is 4. The molecule has 142 heavy (non-hydrogen) atoms. The number of amides is 17. The van der Waals surface area contributed by atoms with Crippen molar-refractivity contribution in [1.29, 1.82) is 0 Å². The van der Waals surface area contributed by atoms with Crippen LogP contribution < -0.4 is 109 Å². The van der Waals surface area contributed by atoms with Crippen LogP contribution in [0.1, 0.15) is 279 Å². The number of aliphatic hydroxyl groups excluding tert-OH is 2. The number of hydrogen-bond donors (Lipinski definition) is 24. The van der Waals surface area contributed by atoms with E-state index in [9.17, 15) is 82.1 Å². The van der Waals surface area contributed by atoms with Gasteiger partial charge in [0.1, 0.15) is 90.6 Å². The molecule has 800 valence electrons. The molecule has 0 aliphatic carbocycles. The number of aliphatic imine (C=N–C) groups is 2. The number of primary amides is 2. The Kier molecular flexibility index (Phi) is 57.7. The van der Waals surface area contributed by atoms with Crippen molar-refractivity contribution in [2.45, 2.75) is 383 Å². The monoisotopic (exact) mass is 2020 g/mol. The molecule has 0 spiro atoms. The van der Waals surface area contributed by atoms with E-state index >= 15 is 9.59 Å². The third-order valence-corrected chi connectivity index (χ3v) is 25.2. The van der Waals surface area contributed by atoms with Gasteiger partial charge in [-0.1, -0.05) is 125 Å². The normalized spacial score (nSPS) is 16.6.